The van der Waals surface area contributed by atoms with Gasteiger partial charge in [-0.2, -0.15) is 8.75 Å². The molecule has 0 fully saturated rings. The first-order valence-corrected chi connectivity index (χ1v) is 7.44. The number of pyridine rings is 1. The topological polar surface area (TPSA) is 29.7 Å². The summed E-state index contributed by atoms with van der Waals surface area (Å²) >= 11 is 3.10. The van der Waals surface area contributed by atoms with E-state index in [1.807, 2.05) is 23.9 Å². The predicted molar refractivity (Wildman–Crippen MR) is 72.2 cm³/mol. The molecule has 0 amide bonds. The maximum Gasteiger partial charge on any atom is 0.178 e. The summed E-state index contributed by atoms with van der Waals surface area (Å²) in [6, 6.07) is 4.12. The van der Waals surface area contributed by atoms with E-state index in [4.69, 9.17) is 0 Å². The van der Waals surface area contributed by atoms with Gasteiger partial charge in [-0.25, -0.2) is 4.57 Å². The molecule has 0 radical (unpaired) electrons. The first kappa shape index (κ1) is 12.5. The fourth-order valence-corrected chi connectivity index (χ4v) is 3.26. The number of hydrogen-bond acceptors (Lipinski definition) is 4. The van der Waals surface area contributed by atoms with Gasteiger partial charge in [-0.1, -0.05) is 13.3 Å². The van der Waals surface area contributed by atoms with Crippen LogP contribution in [-0.4, -0.2) is 14.5 Å². The molecular weight excluding hydrogens is 250 g/mol. The molecule has 0 N–H and O–H groups in total. The highest BCUT2D eigenvalue weighted by Crippen LogP contribution is 2.29. The van der Waals surface area contributed by atoms with E-state index in [1.54, 1.807) is 11.8 Å². The molecule has 0 aliphatic carbocycles. The third kappa shape index (κ3) is 3.26. The molecule has 5 heteroatoms. The van der Waals surface area contributed by atoms with E-state index in [0.717, 1.165) is 22.0 Å². The average molecular weight is 266 g/mol. The Hall–Kier alpha value is -0.940. The standard InChI is InChI=1S/C12H16N3S2/c1-3-4-8-16-12-11(13-17-14-12)10-6-5-7-15(2)9-10/h5-7,9H,3-4,8H2,1-2H3/q+1. The number of thioether (sulfide) groups is 1. The Kier molecular flexibility index (Phi) is 4.50. The van der Waals surface area contributed by atoms with Crippen LogP contribution in [0.4, 0.5) is 0 Å². The molecule has 2 aromatic heterocycles. The maximum absolute atomic E-state index is 4.40. The quantitative estimate of drug-likeness (QED) is 0.473. The van der Waals surface area contributed by atoms with Gasteiger partial charge < -0.3 is 0 Å². The van der Waals surface area contributed by atoms with Crippen molar-refractivity contribution in [3.63, 3.8) is 0 Å². The molecule has 90 valence electrons. The van der Waals surface area contributed by atoms with E-state index in [1.165, 1.54) is 24.6 Å². The van der Waals surface area contributed by atoms with Gasteiger partial charge in [-0.3, -0.25) is 0 Å². The monoisotopic (exact) mass is 266 g/mol. The molecule has 0 saturated carbocycles. The SMILES string of the molecule is CCCCSc1nsnc1-c1ccc[n+](C)c1. The first-order valence-electron chi connectivity index (χ1n) is 5.72. The highest BCUT2D eigenvalue weighted by atomic mass is 32.2. The summed E-state index contributed by atoms with van der Waals surface area (Å²) in [6.45, 7) is 2.21. The summed E-state index contributed by atoms with van der Waals surface area (Å²) in [4.78, 5) is 0. The Labute approximate surface area is 110 Å². The van der Waals surface area contributed by atoms with Gasteiger partial charge in [0.05, 0.1) is 17.3 Å². The van der Waals surface area contributed by atoms with Gasteiger partial charge >= 0.3 is 0 Å². The van der Waals surface area contributed by atoms with E-state index >= 15 is 0 Å². The van der Waals surface area contributed by atoms with Crippen LogP contribution in [0.3, 0.4) is 0 Å². The van der Waals surface area contributed by atoms with Crippen molar-refractivity contribution in [1.29, 1.82) is 0 Å². The molecule has 0 spiro atoms. The van der Waals surface area contributed by atoms with Gasteiger partial charge in [0, 0.05) is 6.07 Å². The van der Waals surface area contributed by atoms with Crippen molar-refractivity contribution in [2.75, 3.05) is 5.75 Å². The van der Waals surface area contributed by atoms with Crippen molar-refractivity contribution in [2.24, 2.45) is 7.05 Å². The van der Waals surface area contributed by atoms with Crippen molar-refractivity contribution in [2.45, 2.75) is 24.8 Å². The van der Waals surface area contributed by atoms with Crippen LogP contribution in [0.15, 0.2) is 29.6 Å². The molecule has 2 aromatic rings. The van der Waals surface area contributed by atoms with Crippen molar-refractivity contribution in [1.82, 2.24) is 8.75 Å². The molecule has 0 saturated heterocycles. The van der Waals surface area contributed by atoms with Crippen LogP contribution in [0.2, 0.25) is 0 Å². The Morgan fingerprint density at radius 1 is 1.41 bits per heavy atom. The lowest BCUT2D eigenvalue weighted by atomic mass is 10.2. The van der Waals surface area contributed by atoms with Gasteiger partial charge in [-0.15, -0.1) is 11.8 Å². The van der Waals surface area contributed by atoms with Gasteiger partial charge in [-0.05, 0) is 18.2 Å². The Bertz CT molecular complexity index is 482. The lowest BCUT2D eigenvalue weighted by Crippen LogP contribution is -2.26. The van der Waals surface area contributed by atoms with Crippen molar-refractivity contribution in [3.8, 4) is 11.3 Å². The second kappa shape index (κ2) is 6.12. The van der Waals surface area contributed by atoms with E-state index in [-0.39, 0.29) is 0 Å². The fourth-order valence-electron chi connectivity index (χ4n) is 1.49. The summed E-state index contributed by atoms with van der Waals surface area (Å²) in [7, 11) is 2.02. The molecule has 0 unspecified atom stereocenters. The van der Waals surface area contributed by atoms with Crippen LogP contribution in [-0.2, 0) is 7.05 Å². The Balaban J connectivity index is 2.18. The minimum atomic E-state index is 1.02. The van der Waals surface area contributed by atoms with Gasteiger partial charge in [0.15, 0.2) is 12.4 Å². The molecule has 0 aromatic carbocycles. The number of hydrogen-bond donors (Lipinski definition) is 0. The molecule has 0 aliphatic rings. The molecule has 3 nitrogen and oxygen atoms in total. The van der Waals surface area contributed by atoms with E-state index in [9.17, 15) is 0 Å². The van der Waals surface area contributed by atoms with E-state index < -0.39 is 0 Å². The van der Waals surface area contributed by atoms with Gasteiger partial charge in [0.1, 0.15) is 17.8 Å². The summed E-state index contributed by atoms with van der Waals surface area (Å²) < 4.78 is 10.8. The number of aryl methyl sites for hydroxylation is 1. The van der Waals surface area contributed by atoms with Gasteiger partial charge in [0.2, 0.25) is 0 Å². The normalized spacial score (nSPS) is 10.7. The minimum Gasteiger partial charge on any atom is -0.207 e. The van der Waals surface area contributed by atoms with E-state index in [2.05, 4.69) is 27.9 Å². The first-order chi connectivity index (χ1) is 8.31. The third-order valence-corrected chi connectivity index (χ3v) is 4.10. The van der Waals surface area contributed by atoms with Crippen LogP contribution in [0.5, 0.6) is 0 Å². The maximum atomic E-state index is 4.40. The second-order valence-corrected chi connectivity index (χ2v) is 5.49. The molecule has 17 heavy (non-hydrogen) atoms. The van der Waals surface area contributed by atoms with Gasteiger partial charge in [0.25, 0.3) is 0 Å². The number of unbranched alkanes of at least 4 members (excludes halogenated alkanes) is 1. The number of nitrogens with zero attached hydrogens (tertiary/aromatic N) is 3. The van der Waals surface area contributed by atoms with E-state index in [0.29, 0.717) is 0 Å². The molecule has 0 aliphatic heterocycles. The summed E-state index contributed by atoms with van der Waals surface area (Å²) in [5, 5.41) is 1.06. The predicted octanol–water partition coefficient (Wildman–Crippen LogP) is 2.92. The lowest BCUT2D eigenvalue weighted by Gasteiger charge is -1.99. The fraction of sp³-hybridized carbons (Fsp3) is 0.417. The Morgan fingerprint density at radius 2 is 2.29 bits per heavy atom. The van der Waals surface area contributed by atoms with Crippen LogP contribution in [0, 0.1) is 0 Å². The molecule has 2 heterocycles. The average Bonchev–Trinajstić information content (AvgIpc) is 2.78. The Morgan fingerprint density at radius 3 is 3.06 bits per heavy atom. The zero-order chi connectivity index (χ0) is 12.1. The summed E-state index contributed by atoms with van der Waals surface area (Å²) in [6.07, 6.45) is 6.55. The highest BCUT2D eigenvalue weighted by molar-refractivity contribution is 7.99. The second-order valence-electron chi connectivity index (χ2n) is 3.88. The zero-order valence-corrected chi connectivity index (χ0v) is 11.7. The summed E-state index contributed by atoms with van der Waals surface area (Å²) in [5.41, 5.74) is 2.16. The van der Waals surface area contributed by atoms with Crippen molar-refractivity contribution < 1.29 is 4.57 Å². The molecular formula is C12H16N3S2+. The minimum absolute atomic E-state index is 1.02. The van der Waals surface area contributed by atoms with Crippen LogP contribution in [0.25, 0.3) is 11.3 Å². The number of rotatable bonds is 5. The van der Waals surface area contributed by atoms with Crippen molar-refractivity contribution in [3.05, 3.63) is 24.5 Å². The number of aromatic nitrogens is 3. The van der Waals surface area contributed by atoms with Crippen LogP contribution in [0.1, 0.15) is 19.8 Å². The van der Waals surface area contributed by atoms with Crippen molar-refractivity contribution >= 4 is 23.5 Å². The van der Waals surface area contributed by atoms with Crippen LogP contribution < -0.4 is 4.57 Å². The smallest absolute Gasteiger partial charge is 0.178 e. The summed E-state index contributed by atoms with van der Waals surface area (Å²) in [5.74, 6) is 1.12. The third-order valence-electron chi connectivity index (χ3n) is 2.41. The molecule has 0 bridgehead atoms. The lowest BCUT2D eigenvalue weighted by molar-refractivity contribution is -0.671. The largest absolute Gasteiger partial charge is 0.207 e. The molecule has 2 rings (SSSR count). The highest BCUT2D eigenvalue weighted by Gasteiger charge is 2.12. The zero-order valence-electron chi connectivity index (χ0n) is 10.1. The van der Waals surface area contributed by atoms with Crippen LogP contribution >= 0.6 is 23.5 Å². The molecule has 0 atom stereocenters.